The number of aromatic nitrogens is 3. The normalized spacial score (nSPS) is 12.5. The molecule has 0 spiro atoms. The van der Waals surface area contributed by atoms with Gasteiger partial charge in [-0.3, -0.25) is 3.96 Å². The van der Waals surface area contributed by atoms with Gasteiger partial charge in [0.1, 0.15) is 11.2 Å². The van der Waals surface area contributed by atoms with Gasteiger partial charge in [-0.05, 0) is 108 Å². The largest absolute Gasteiger partial charge is 0.456 e. The molecular formula is C57H38N4OS. The van der Waals surface area contributed by atoms with Crippen LogP contribution in [0.25, 0.3) is 110 Å². The minimum Gasteiger partial charge on any atom is -0.456 e. The molecule has 1 N–H and O–H groups in total. The third-order valence-corrected chi connectivity index (χ3v) is 13.8. The van der Waals surface area contributed by atoms with Crippen molar-refractivity contribution in [3.05, 3.63) is 217 Å². The molecule has 0 saturated carbocycles. The second kappa shape index (κ2) is 14.0. The molecule has 0 saturated heterocycles. The van der Waals surface area contributed by atoms with E-state index in [1.54, 1.807) is 11.5 Å². The molecule has 0 atom stereocenters. The summed E-state index contributed by atoms with van der Waals surface area (Å²) < 4.78 is 14.7. The third kappa shape index (κ3) is 5.48. The van der Waals surface area contributed by atoms with E-state index < -0.39 is 0 Å². The zero-order chi connectivity index (χ0) is 41.6. The van der Waals surface area contributed by atoms with Gasteiger partial charge in [-0.2, -0.15) is 0 Å². The highest BCUT2D eigenvalue weighted by Crippen LogP contribution is 2.42. The minimum atomic E-state index is 0.879. The number of nitrogens with one attached hydrogen (secondary N) is 1. The lowest BCUT2D eigenvalue weighted by molar-refractivity contribution is 0.669. The van der Waals surface area contributed by atoms with Gasteiger partial charge in [-0.1, -0.05) is 121 Å². The van der Waals surface area contributed by atoms with Gasteiger partial charge in [-0.25, -0.2) is 0 Å². The van der Waals surface area contributed by atoms with Gasteiger partial charge in [0.15, 0.2) is 0 Å². The van der Waals surface area contributed by atoms with Crippen LogP contribution in [-0.2, 0) is 0 Å². The van der Waals surface area contributed by atoms with Crippen LogP contribution in [-0.4, -0.2) is 20.1 Å². The van der Waals surface area contributed by atoms with Crippen molar-refractivity contribution in [2.75, 3.05) is 7.05 Å². The van der Waals surface area contributed by atoms with Crippen molar-refractivity contribution in [2.45, 2.75) is 0 Å². The monoisotopic (exact) mass is 826 g/mol. The van der Waals surface area contributed by atoms with Crippen LogP contribution in [0.3, 0.4) is 0 Å². The first-order chi connectivity index (χ1) is 31.2. The molecule has 0 radical (unpaired) electrons. The Hall–Kier alpha value is -8.06. The Morgan fingerprint density at radius 1 is 0.413 bits per heavy atom. The maximum Gasteiger partial charge on any atom is 0.135 e. The van der Waals surface area contributed by atoms with Crippen LogP contribution in [0.2, 0.25) is 0 Å². The molecular weight excluding hydrogens is 789 g/mol. The standard InChI is InChI=1S/C57H38N4OS/c1-58-56(38-26-30-54-47(33-38)44-20-10-13-23-53(44)62-54)57(39-25-29-51-46(34-39)43-19-9-12-22-49(43)60(51)41-16-6-3-7-17-41)61-52-35-37(27-31-55(52)63-61)36-24-28-50-45(32-36)42-18-8-11-21-48(42)59(50)40-14-4-2-5-15-40/h2-35,58H,1H3/b57-56-. The van der Waals surface area contributed by atoms with E-state index in [0.717, 1.165) is 55.8 Å². The second-order valence-corrected chi connectivity index (χ2v) is 17.2. The number of benzene rings is 9. The first-order valence-electron chi connectivity index (χ1n) is 21.3. The van der Waals surface area contributed by atoms with Crippen molar-refractivity contribution < 1.29 is 4.42 Å². The van der Waals surface area contributed by atoms with E-state index in [9.17, 15) is 0 Å². The average molecular weight is 827 g/mol. The van der Waals surface area contributed by atoms with Crippen molar-refractivity contribution >= 4 is 98.7 Å². The van der Waals surface area contributed by atoms with Gasteiger partial charge < -0.3 is 18.9 Å². The van der Waals surface area contributed by atoms with Gasteiger partial charge in [0.2, 0.25) is 0 Å². The lowest BCUT2D eigenvalue weighted by Crippen LogP contribution is -2.13. The highest BCUT2D eigenvalue weighted by molar-refractivity contribution is 7.16. The summed E-state index contributed by atoms with van der Waals surface area (Å²) in [4.78, 5) is 0. The van der Waals surface area contributed by atoms with Crippen LogP contribution in [0, 0.1) is 0 Å². The maximum absolute atomic E-state index is 6.29. The molecule has 0 bridgehead atoms. The van der Waals surface area contributed by atoms with Crippen molar-refractivity contribution in [1.29, 1.82) is 0 Å². The van der Waals surface area contributed by atoms with Crippen LogP contribution >= 0.6 is 11.5 Å². The minimum absolute atomic E-state index is 0.879. The first-order valence-corrected chi connectivity index (χ1v) is 22.1. The molecule has 4 aromatic heterocycles. The fourth-order valence-electron chi connectivity index (χ4n) is 9.83. The molecule has 13 rings (SSSR count). The zero-order valence-corrected chi connectivity index (χ0v) is 35.1. The molecule has 0 aliphatic rings. The topological polar surface area (TPSA) is 40.0 Å². The van der Waals surface area contributed by atoms with Gasteiger partial charge in [0.25, 0.3) is 0 Å². The fraction of sp³-hybridized carbons (Fsp3) is 0.0175. The third-order valence-electron chi connectivity index (χ3n) is 12.7. The summed E-state index contributed by atoms with van der Waals surface area (Å²) in [5, 5.41) is 10.8. The molecule has 5 nitrogen and oxygen atoms in total. The van der Waals surface area contributed by atoms with Gasteiger partial charge in [-0.15, -0.1) is 0 Å². The van der Waals surface area contributed by atoms with E-state index in [-0.39, 0.29) is 0 Å². The van der Waals surface area contributed by atoms with E-state index in [1.807, 2.05) is 19.2 Å². The molecule has 6 heteroatoms. The molecule has 4 heterocycles. The van der Waals surface area contributed by atoms with E-state index in [0.29, 0.717) is 0 Å². The van der Waals surface area contributed by atoms with Crippen molar-refractivity contribution in [3.8, 4) is 22.5 Å². The highest BCUT2D eigenvalue weighted by Gasteiger charge is 2.23. The van der Waals surface area contributed by atoms with Gasteiger partial charge in [0, 0.05) is 61.9 Å². The smallest absolute Gasteiger partial charge is 0.135 e. The number of furan rings is 1. The lowest BCUT2D eigenvalue weighted by Gasteiger charge is -2.23. The Balaban J connectivity index is 1.03. The summed E-state index contributed by atoms with van der Waals surface area (Å²) in [6.45, 7) is 0. The predicted octanol–water partition coefficient (Wildman–Crippen LogP) is 15.1. The molecule has 63 heavy (non-hydrogen) atoms. The zero-order valence-electron chi connectivity index (χ0n) is 34.3. The summed E-state index contributed by atoms with van der Waals surface area (Å²) in [6, 6.07) is 74.4. The van der Waals surface area contributed by atoms with Crippen LogP contribution in [0.15, 0.2) is 211 Å². The Labute approximate surface area is 366 Å². The maximum atomic E-state index is 6.29. The van der Waals surface area contributed by atoms with E-state index >= 15 is 0 Å². The Morgan fingerprint density at radius 2 is 0.937 bits per heavy atom. The lowest BCUT2D eigenvalue weighted by atomic mass is 10.0. The Bertz CT molecular complexity index is 3950. The molecule has 13 aromatic rings. The Kier molecular flexibility index (Phi) is 7.92. The first kappa shape index (κ1) is 35.7. The van der Waals surface area contributed by atoms with Crippen molar-refractivity contribution in [1.82, 2.24) is 18.4 Å². The quantitative estimate of drug-likeness (QED) is 0.163. The SMILES string of the molecule is CN/C(=C(/c1ccc2c(c1)c1ccccc1n2-c1ccccc1)n1sc2ccc(-c3ccc4c(c3)c3ccccc3n4-c3ccccc3)cc21)c1ccc2oc3ccccc3c2c1. The molecule has 0 fully saturated rings. The van der Waals surface area contributed by atoms with Gasteiger partial charge in [0.05, 0.1) is 43.7 Å². The van der Waals surface area contributed by atoms with Crippen molar-refractivity contribution in [3.63, 3.8) is 0 Å². The van der Waals surface area contributed by atoms with Crippen LogP contribution in [0.5, 0.6) is 0 Å². The number of hydrogen-bond donors (Lipinski definition) is 1. The highest BCUT2D eigenvalue weighted by atomic mass is 32.1. The number of nitrogens with zero attached hydrogens (tertiary/aromatic N) is 3. The second-order valence-electron chi connectivity index (χ2n) is 16.2. The molecule has 9 aromatic carbocycles. The molecule has 0 aliphatic carbocycles. The number of rotatable bonds is 7. The summed E-state index contributed by atoms with van der Waals surface area (Å²) in [6.07, 6.45) is 0. The molecule has 298 valence electrons. The summed E-state index contributed by atoms with van der Waals surface area (Å²) >= 11 is 1.78. The average Bonchev–Trinajstić information content (AvgIpc) is 3.99. The molecule has 0 unspecified atom stereocenters. The number of para-hydroxylation sites is 5. The predicted molar refractivity (Wildman–Crippen MR) is 265 cm³/mol. The van der Waals surface area contributed by atoms with E-state index in [2.05, 4.69) is 213 Å². The van der Waals surface area contributed by atoms with Crippen LogP contribution < -0.4 is 5.32 Å². The fourth-order valence-corrected chi connectivity index (χ4v) is 10.8. The van der Waals surface area contributed by atoms with Gasteiger partial charge >= 0.3 is 0 Å². The van der Waals surface area contributed by atoms with E-state index in [4.69, 9.17) is 4.42 Å². The summed E-state index contributed by atoms with van der Waals surface area (Å²) in [7, 11) is 2.04. The van der Waals surface area contributed by atoms with E-state index in [1.165, 1.54) is 65.0 Å². The molecule has 0 aliphatic heterocycles. The van der Waals surface area contributed by atoms with Crippen molar-refractivity contribution in [2.24, 2.45) is 0 Å². The summed E-state index contributed by atoms with van der Waals surface area (Å²) in [5.41, 5.74) is 16.7. The number of fused-ring (bicyclic) bond motifs is 10. The number of hydrogen-bond acceptors (Lipinski definition) is 3. The Morgan fingerprint density at radius 3 is 1.63 bits per heavy atom. The van der Waals surface area contributed by atoms with Crippen LogP contribution in [0.4, 0.5) is 0 Å². The van der Waals surface area contributed by atoms with Crippen LogP contribution in [0.1, 0.15) is 11.1 Å². The molecule has 0 amide bonds. The summed E-state index contributed by atoms with van der Waals surface area (Å²) in [5.74, 6) is 0.